The summed E-state index contributed by atoms with van der Waals surface area (Å²) in [5.41, 5.74) is 1.12. The molecule has 0 aliphatic carbocycles. The lowest BCUT2D eigenvalue weighted by molar-refractivity contribution is 0.221. The van der Waals surface area contributed by atoms with Gasteiger partial charge in [0.05, 0.1) is 6.26 Å². The summed E-state index contributed by atoms with van der Waals surface area (Å²) in [4.78, 5) is 2.13. The average Bonchev–Trinajstić information content (AvgIpc) is 3.14. The normalized spacial score (nSPS) is 18.3. The Hall–Kier alpha value is -1.67. The highest BCUT2D eigenvalue weighted by molar-refractivity contribution is 7.87. The van der Waals surface area contributed by atoms with Crippen LogP contribution in [-0.4, -0.2) is 57.4 Å². The lowest BCUT2D eigenvalue weighted by Crippen LogP contribution is -2.51. The molecule has 1 aliphatic rings. The van der Waals surface area contributed by atoms with Crippen LogP contribution in [0.4, 0.5) is 0 Å². The molecule has 1 atom stereocenters. The second-order valence-corrected chi connectivity index (χ2v) is 8.12. The molecule has 1 fully saturated rings. The Morgan fingerprint density at radius 2 is 1.80 bits per heavy atom. The van der Waals surface area contributed by atoms with Gasteiger partial charge in [-0.25, -0.2) is 4.72 Å². The fourth-order valence-electron chi connectivity index (χ4n) is 3.10. The van der Waals surface area contributed by atoms with Gasteiger partial charge in [0, 0.05) is 38.6 Å². The summed E-state index contributed by atoms with van der Waals surface area (Å²) in [7, 11) is -1.42. The molecule has 1 saturated heterocycles. The van der Waals surface area contributed by atoms with E-state index in [1.165, 1.54) is 4.31 Å². The molecule has 0 saturated carbocycles. The van der Waals surface area contributed by atoms with Crippen molar-refractivity contribution in [2.24, 2.45) is 0 Å². The van der Waals surface area contributed by atoms with Crippen LogP contribution in [0.2, 0.25) is 0 Å². The van der Waals surface area contributed by atoms with Crippen LogP contribution in [-0.2, 0) is 10.2 Å². The third kappa shape index (κ3) is 4.70. The zero-order valence-electron chi connectivity index (χ0n) is 14.5. The predicted molar refractivity (Wildman–Crippen MR) is 97.6 cm³/mol. The molecule has 7 heteroatoms. The van der Waals surface area contributed by atoms with Crippen LogP contribution < -0.4 is 4.72 Å². The Balaban J connectivity index is 1.62. The highest BCUT2D eigenvalue weighted by Crippen LogP contribution is 2.27. The standard InChI is InChI=1S/C18H25N3O3S/c1-20-11-13-21(14-12-20)25(22,23)19-10-9-17(18-8-5-15-24-18)16-6-3-2-4-7-16/h2-8,15,17,19H,9-14H2,1H3/t17-/m1/s1. The molecular weight excluding hydrogens is 338 g/mol. The zero-order chi connectivity index (χ0) is 17.7. The van der Waals surface area contributed by atoms with Gasteiger partial charge in [0.1, 0.15) is 5.76 Å². The van der Waals surface area contributed by atoms with Gasteiger partial charge in [0.2, 0.25) is 0 Å². The lowest BCUT2D eigenvalue weighted by atomic mass is 9.93. The molecule has 0 radical (unpaired) electrons. The van der Waals surface area contributed by atoms with Crippen LogP contribution in [0.1, 0.15) is 23.7 Å². The fourth-order valence-corrected chi connectivity index (χ4v) is 4.30. The van der Waals surface area contributed by atoms with E-state index in [0.717, 1.165) is 24.4 Å². The van der Waals surface area contributed by atoms with Crippen LogP contribution in [0.15, 0.2) is 53.1 Å². The number of benzene rings is 1. The molecule has 1 aromatic carbocycles. The largest absolute Gasteiger partial charge is 0.469 e. The number of piperazine rings is 1. The Labute approximate surface area is 149 Å². The summed E-state index contributed by atoms with van der Waals surface area (Å²) in [6.07, 6.45) is 2.30. The Morgan fingerprint density at radius 1 is 1.08 bits per heavy atom. The van der Waals surface area contributed by atoms with Crippen LogP contribution in [0, 0.1) is 0 Å². The summed E-state index contributed by atoms with van der Waals surface area (Å²) in [5, 5.41) is 0. The predicted octanol–water partition coefficient (Wildman–Crippen LogP) is 1.88. The van der Waals surface area contributed by atoms with Crippen molar-refractivity contribution in [1.29, 1.82) is 0 Å². The number of likely N-dealkylation sites (N-methyl/N-ethyl adjacent to an activating group) is 1. The van der Waals surface area contributed by atoms with E-state index in [1.54, 1.807) is 6.26 Å². The molecule has 2 aromatic rings. The number of nitrogens with one attached hydrogen (secondary N) is 1. The van der Waals surface area contributed by atoms with Crippen molar-refractivity contribution >= 4 is 10.2 Å². The number of nitrogens with zero attached hydrogens (tertiary/aromatic N) is 2. The first kappa shape index (κ1) is 18.1. The van der Waals surface area contributed by atoms with Gasteiger partial charge in [-0.05, 0) is 31.2 Å². The molecule has 136 valence electrons. The van der Waals surface area contributed by atoms with Gasteiger partial charge in [-0.1, -0.05) is 30.3 Å². The van der Waals surface area contributed by atoms with Gasteiger partial charge in [0.15, 0.2) is 0 Å². The van der Waals surface area contributed by atoms with Crippen molar-refractivity contribution in [1.82, 2.24) is 13.9 Å². The summed E-state index contributed by atoms with van der Waals surface area (Å²) < 4.78 is 34.8. The van der Waals surface area contributed by atoms with Crippen molar-refractivity contribution < 1.29 is 12.8 Å². The van der Waals surface area contributed by atoms with Gasteiger partial charge in [-0.15, -0.1) is 0 Å². The van der Waals surface area contributed by atoms with E-state index in [4.69, 9.17) is 4.42 Å². The Kier molecular flexibility index (Phi) is 5.90. The summed E-state index contributed by atoms with van der Waals surface area (Å²) >= 11 is 0. The molecular formula is C18H25N3O3S. The van der Waals surface area contributed by atoms with E-state index in [2.05, 4.69) is 9.62 Å². The summed E-state index contributed by atoms with van der Waals surface area (Å²) in [5.74, 6) is 0.886. The molecule has 0 bridgehead atoms. The molecule has 1 aromatic heterocycles. The monoisotopic (exact) mass is 363 g/mol. The second kappa shape index (κ2) is 8.14. The zero-order valence-corrected chi connectivity index (χ0v) is 15.3. The van der Waals surface area contributed by atoms with Gasteiger partial charge < -0.3 is 9.32 Å². The first-order chi connectivity index (χ1) is 12.1. The lowest BCUT2D eigenvalue weighted by Gasteiger charge is -2.31. The third-order valence-corrected chi connectivity index (χ3v) is 6.22. The maximum atomic E-state index is 12.5. The number of hydrogen-bond acceptors (Lipinski definition) is 4. The summed E-state index contributed by atoms with van der Waals surface area (Å²) in [6.45, 7) is 2.97. The molecule has 25 heavy (non-hydrogen) atoms. The van der Waals surface area contributed by atoms with E-state index in [-0.39, 0.29) is 5.92 Å². The summed E-state index contributed by atoms with van der Waals surface area (Å²) in [6, 6.07) is 13.8. The second-order valence-electron chi connectivity index (χ2n) is 6.37. The molecule has 0 unspecified atom stereocenters. The van der Waals surface area contributed by atoms with Crippen molar-refractivity contribution in [3.8, 4) is 0 Å². The van der Waals surface area contributed by atoms with Gasteiger partial charge in [-0.3, -0.25) is 0 Å². The van der Waals surface area contributed by atoms with E-state index in [0.29, 0.717) is 26.1 Å². The van der Waals surface area contributed by atoms with Crippen molar-refractivity contribution in [2.45, 2.75) is 12.3 Å². The Morgan fingerprint density at radius 3 is 2.44 bits per heavy atom. The minimum absolute atomic E-state index is 0.0337. The minimum atomic E-state index is -3.43. The minimum Gasteiger partial charge on any atom is -0.469 e. The van der Waals surface area contributed by atoms with Crippen LogP contribution >= 0.6 is 0 Å². The topological polar surface area (TPSA) is 65.8 Å². The number of rotatable bonds is 7. The highest BCUT2D eigenvalue weighted by Gasteiger charge is 2.26. The molecule has 2 heterocycles. The van der Waals surface area contributed by atoms with Crippen LogP contribution in [0.3, 0.4) is 0 Å². The van der Waals surface area contributed by atoms with Gasteiger partial charge in [0.25, 0.3) is 10.2 Å². The Bertz CT molecular complexity index is 739. The van der Waals surface area contributed by atoms with Crippen molar-refractivity contribution in [3.63, 3.8) is 0 Å². The SMILES string of the molecule is CN1CCN(S(=O)(=O)NCC[C@H](c2ccccc2)c2ccco2)CC1. The highest BCUT2D eigenvalue weighted by atomic mass is 32.2. The van der Waals surface area contributed by atoms with Crippen molar-refractivity contribution in [3.05, 3.63) is 60.1 Å². The van der Waals surface area contributed by atoms with E-state index >= 15 is 0 Å². The van der Waals surface area contributed by atoms with E-state index < -0.39 is 10.2 Å². The number of furan rings is 1. The molecule has 1 aliphatic heterocycles. The van der Waals surface area contributed by atoms with Gasteiger partial charge in [-0.2, -0.15) is 12.7 Å². The van der Waals surface area contributed by atoms with Crippen LogP contribution in [0.25, 0.3) is 0 Å². The molecule has 0 amide bonds. The molecule has 0 spiro atoms. The van der Waals surface area contributed by atoms with E-state index in [1.807, 2.05) is 49.5 Å². The molecule has 1 N–H and O–H groups in total. The smallest absolute Gasteiger partial charge is 0.279 e. The first-order valence-electron chi connectivity index (χ1n) is 8.58. The van der Waals surface area contributed by atoms with Crippen molar-refractivity contribution in [2.75, 3.05) is 39.8 Å². The molecule has 3 rings (SSSR count). The van der Waals surface area contributed by atoms with E-state index in [9.17, 15) is 8.42 Å². The van der Waals surface area contributed by atoms with Crippen LogP contribution in [0.5, 0.6) is 0 Å². The van der Waals surface area contributed by atoms with Gasteiger partial charge >= 0.3 is 0 Å². The maximum absolute atomic E-state index is 12.5. The average molecular weight is 363 g/mol. The third-order valence-electron chi connectivity index (χ3n) is 4.61. The molecule has 6 nitrogen and oxygen atoms in total. The number of hydrogen-bond donors (Lipinski definition) is 1. The fraction of sp³-hybridized carbons (Fsp3) is 0.444. The first-order valence-corrected chi connectivity index (χ1v) is 10.0. The maximum Gasteiger partial charge on any atom is 0.279 e. The quantitative estimate of drug-likeness (QED) is 0.816.